The fraction of sp³-hybridized carbons (Fsp3) is 0.355. The van der Waals surface area contributed by atoms with Gasteiger partial charge in [-0.15, -0.1) is 0 Å². The second-order valence-corrected chi connectivity index (χ2v) is 10.2. The van der Waals surface area contributed by atoms with Crippen LogP contribution in [0.5, 0.6) is 23.0 Å². The number of carbonyl (C=O) groups is 2. The summed E-state index contributed by atoms with van der Waals surface area (Å²) < 4.78 is 39.3. The van der Waals surface area contributed by atoms with Crippen LogP contribution in [-0.4, -0.2) is 64.4 Å². The molecule has 2 heterocycles. The molecule has 1 atom stereocenters. The molecule has 3 aromatic rings. The van der Waals surface area contributed by atoms with Gasteiger partial charge in [0.05, 0.1) is 49.8 Å². The van der Waals surface area contributed by atoms with Crippen LogP contribution < -0.4 is 33.8 Å². The number of hydrogen-bond donors (Lipinski definition) is 0. The fourth-order valence-corrected chi connectivity index (χ4v) is 5.67. The summed E-state index contributed by atoms with van der Waals surface area (Å²) in [6, 6.07) is 9.22. The molecule has 0 bridgehead atoms. The maximum Gasteiger partial charge on any atom is 0.513 e. The Hall–Kier alpha value is -4.62. The zero-order valence-electron chi connectivity index (χ0n) is 25.3. The molecule has 1 aliphatic rings. The van der Waals surface area contributed by atoms with Crippen LogP contribution in [0.2, 0.25) is 0 Å². The molecule has 13 heteroatoms. The van der Waals surface area contributed by atoms with E-state index in [0.717, 1.165) is 11.3 Å². The molecule has 44 heavy (non-hydrogen) atoms. The number of esters is 1. The zero-order chi connectivity index (χ0) is 31.8. The van der Waals surface area contributed by atoms with Crippen LogP contribution in [0.1, 0.15) is 37.9 Å². The molecule has 12 nitrogen and oxygen atoms in total. The van der Waals surface area contributed by atoms with E-state index in [-0.39, 0.29) is 42.5 Å². The number of fused-ring (bicyclic) bond motifs is 1. The van der Waals surface area contributed by atoms with Gasteiger partial charge in [0.2, 0.25) is 0 Å². The van der Waals surface area contributed by atoms with Gasteiger partial charge in [-0.05, 0) is 50.6 Å². The van der Waals surface area contributed by atoms with E-state index in [0.29, 0.717) is 44.3 Å². The Balaban J connectivity index is 1.89. The van der Waals surface area contributed by atoms with Gasteiger partial charge in [-0.2, -0.15) is 0 Å². The highest BCUT2D eigenvalue weighted by Gasteiger charge is 2.36. The summed E-state index contributed by atoms with van der Waals surface area (Å²) in [6.45, 7) is 5.92. The minimum atomic E-state index is -0.921. The van der Waals surface area contributed by atoms with E-state index in [1.165, 1.54) is 25.9 Å². The predicted molar refractivity (Wildman–Crippen MR) is 161 cm³/mol. The van der Waals surface area contributed by atoms with E-state index in [1.54, 1.807) is 56.3 Å². The second-order valence-electron chi connectivity index (χ2n) is 9.22. The Bertz CT molecular complexity index is 1740. The summed E-state index contributed by atoms with van der Waals surface area (Å²) >= 11 is 1.16. The van der Waals surface area contributed by atoms with E-state index >= 15 is 0 Å². The highest BCUT2D eigenvalue weighted by Crippen LogP contribution is 2.40. The van der Waals surface area contributed by atoms with Crippen LogP contribution in [0.4, 0.5) is 4.79 Å². The van der Waals surface area contributed by atoms with Gasteiger partial charge in [0, 0.05) is 12.7 Å². The zero-order valence-corrected chi connectivity index (χ0v) is 26.1. The van der Waals surface area contributed by atoms with Gasteiger partial charge in [0.15, 0.2) is 27.8 Å². The maximum absolute atomic E-state index is 14.1. The summed E-state index contributed by atoms with van der Waals surface area (Å²) in [4.78, 5) is 44.4. The summed E-state index contributed by atoms with van der Waals surface area (Å²) in [5.41, 5.74) is 1.35. The van der Waals surface area contributed by atoms with Crippen molar-refractivity contribution in [2.24, 2.45) is 4.99 Å². The average molecular weight is 627 g/mol. The first-order chi connectivity index (χ1) is 21.3. The molecule has 0 saturated heterocycles. The van der Waals surface area contributed by atoms with E-state index < -0.39 is 18.2 Å². The maximum atomic E-state index is 14.1. The van der Waals surface area contributed by atoms with Crippen molar-refractivity contribution < 1.29 is 42.7 Å². The largest absolute Gasteiger partial charge is 0.513 e. The molecule has 2 aromatic carbocycles. The van der Waals surface area contributed by atoms with Gasteiger partial charge >= 0.3 is 12.1 Å². The molecular weight excluding hydrogens is 592 g/mol. The molecule has 0 radical (unpaired) electrons. The first kappa shape index (κ1) is 32.3. The van der Waals surface area contributed by atoms with E-state index in [1.807, 2.05) is 6.92 Å². The SMILES string of the molecule is CCOC(=O)Oc1ccc(/C=c2/sc3n(c2=O)[C@H](c2cccc(OC)c2OCC)C(C(=O)OCCOC)=C(C)N=3)cc1OC. The number of benzene rings is 2. The molecule has 0 unspecified atom stereocenters. The van der Waals surface area contributed by atoms with Crippen LogP contribution in [0.3, 0.4) is 0 Å². The Morgan fingerprint density at radius 2 is 1.75 bits per heavy atom. The normalized spacial score (nSPS) is 14.4. The molecule has 0 aliphatic carbocycles. The topological polar surface area (TPSA) is 133 Å². The molecule has 0 fully saturated rings. The summed E-state index contributed by atoms with van der Waals surface area (Å²) in [5.74, 6) is 0.654. The first-order valence-electron chi connectivity index (χ1n) is 13.8. The van der Waals surface area contributed by atoms with E-state index in [9.17, 15) is 14.4 Å². The minimum absolute atomic E-state index is 0.0252. The van der Waals surface area contributed by atoms with Gasteiger partial charge < -0.3 is 33.2 Å². The molecule has 234 valence electrons. The molecule has 0 spiro atoms. The monoisotopic (exact) mass is 626 g/mol. The highest BCUT2D eigenvalue weighted by molar-refractivity contribution is 7.07. The number of rotatable bonds is 12. The first-order valence-corrected chi connectivity index (χ1v) is 14.6. The number of methoxy groups -OCH3 is 3. The molecular formula is C31H34N2O10S. The predicted octanol–water partition coefficient (Wildman–Crippen LogP) is 3.38. The van der Waals surface area contributed by atoms with E-state index in [4.69, 9.17) is 33.2 Å². The molecule has 1 aromatic heterocycles. The number of allylic oxidation sites excluding steroid dienone is 1. The second kappa shape index (κ2) is 14.7. The van der Waals surface area contributed by atoms with Crippen molar-refractivity contribution in [2.75, 3.05) is 47.8 Å². The van der Waals surface area contributed by atoms with Crippen LogP contribution in [0.15, 0.2) is 57.5 Å². The van der Waals surface area contributed by atoms with Crippen molar-refractivity contribution in [1.82, 2.24) is 4.57 Å². The third-order valence-corrected chi connectivity index (χ3v) is 7.50. The summed E-state index contributed by atoms with van der Waals surface area (Å²) in [5, 5.41) is 0. The van der Waals surface area contributed by atoms with Gasteiger partial charge in [-0.1, -0.05) is 29.5 Å². The highest BCUT2D eigenvalue weighted by atomic mass is 32.1. The van der Waals surface area contributed by atoms with Gasteiger partial charge in [-0.3, -0.25) is 9.36 Å². The lowest BCUT2D eigenvalue weighted by Crippen LogP contribution is -2.40. The third kappa shape index (κ3) is 6.79. The number of ether oxygens (including phenoxy) is 7. The van der Waals surface area contributed by atoms with Crippen molar-refractivity contribution in [3.63, 3.8) is 0 Å². The van der Waals surface area contributed by atoms with Gasteiger partial charge in [0.1, 0.15) is 12.6 Å². The Labute approximate surface area is 257 Å². The lowest BCUT2D eigenvalue weighted by molar-refractivity contribution is -0.140. The Kier molecular flexibility index (Phi) is 10.8. The minimum Gasteiger partial charge on any atom is -0.493 e. The Morgan fingerprint density at radius 1 is 0.977 bits per heavy atom. The molecule has 1 aliphatic heterocycles. The number of hydrogen-bond acceptors (Lipinski definition) is 12. The lowest BCUT2D eigenvalue weighted by atomic mass is 9.94. The van der Waals surface area contributed by atoms with Crippen LogP contribution in [0, 0.1) is 0 Å². The molecule has 0 amide bonds. The van der Waals surface area contributed by atoms with Crippen LogP contribution >= 0.6 is 11.3 Å². The van der Waals surface area contributed by atoms with Gasteiger partial charge in [-0.25, -0.2) is 14.6 Å². The van der Waals surface area contributed by atoms with Crippen LogP contribution in [0.25, 0.3) is 6.08 Å². The number of aromatic nitrogens is 1. The number of nitrogens with zero attached hydrogens (tertiary/aromatic N) is 2. The summed E-state index contributed by atoms with van der Waals surface area (Å²) in [6.07, 6.45) is 0.811. The molecule has 0 saturated carbocycles. The van der Waals surface area contributed by atoms with Crippen molar-refractivity contribution in [3.05, 3.63) is 78.5 Å². The number of thiazole rings is 1. The molecule has 0 N–H and O–H groups in total. The van der Waals surface area contributed by atoms with Crippen LogP contribution in [-0.2, 0) is 19.0 Å². The van der Waals surface area contributed by atoms with Crippen molar-refractivity contribution in [1.29, 1.82) is 0 Å². The van der Waals surface area contributed by atoms with Crippen molar-refractivity contribution >= 4 is 29.5 Å². The van der Waals surface area contributed by atoms with Crippen molar-refractivity contribution in [2.45, 2.75) is 26.8 Å². The quantitative estimate of drug-likeness (QED) is 0.167. The van der Waals surface area contributed by atoms with E-state index in [2.05, 4.69) is 4.99 Å². The fourth-order valence-electron chi connectivity index (χ4n) is 4.63. The molecule has 4 rings (SSSR count). The Morgan fingerprint density at radius 3 is 2.43 bits per heavy atom. The third-order valence-electron chi connectivity index (χ3n) is 6.52. The average Bonchev–Trinajstić information content (AvgIpc) is 3.31. The number of para-hydroxylation sites is 1. The number of carbonyl (C=O) groups excluding carboxylic acids is 2. The standard InChI is InChI=1S/C31H34N2O10S/c1-7-40-27-20(10-9-11-22(27)38-5)26-25(29(35)42-15-14-37-4)18(3)32-30-33(26)28(34)24(44-30)17-19-12-13-21(23(16-19)39-6)43-31(36)41-8-2/h9-13,16-17,26H,7-8,14-15H2,1-6H3/b24-17+/t26-/m1/s1. The smallest absolute Gasteiger partial charge is 0.493 e. The van der Waals surface area contributed by atoms with Gasteiger partial charge in [0.25, 0.3) is 5.56 Å². The lowest BCUT2D eigenvalue weighted by Gasteiger charge is -2.27. The summed E-state index contributed by atoms with van der Waals surface area (Å²) in [7, 11) is 4.46. The van der Waals surface area contributed by atoms with Crippen molar-refractivity contribution in [3.8, 4) is 23.0 Å².